The number of benzene rings is 3. The van der Waals surface area contributed by atoms with Gasteiger partial charge in [-0.15, -0.1) is 0 Å². The summed E-state index contributed by atoms with van der Waals surface area (Å²) in [6.45, 7) is 0.952. The Balaban J connectivity index is 1.33. The molecule has 31 heavy (non-hydrogen) atoms. The molecule has 0 aliphatic heterocycles. The van der Waals surface area contributed by atoms with E-state index in [9.17, 15) is 9.59 Å². The van der Waals surface area contributed by atoms with E-state index in [1.165, 1.54) is 0 Å². The van der Waals surface area contributed by atoms with Crippen LogP contribution in [0.1, 0.15) is 29.5 Å². The minimum atomic E-state index is -0.311. The zero-order chi connectivity index (χ0) is 21.7. The predicted octanol–water partition coefficient (Wildman–Crippen LogP) is 3.81. The standard InChI is InChI=1S/C25H25N3O3/c29-24(26-17-20-7-3-1-4-8-20)15-16-25(30)28-27-18-21-11-13-23(14-12-21)31-19-22-9-5-2-6-10-22/h1-14,18H,15-17,19H2,(H,26,29)(H,28,30)/b27-18+. The lowest BCUT2D eigenvalue weighted by atomic mass is 10.2. The van der Waals surface area contributed by atoms with E-state index in [4.69, 9.17) is 4.74 Å². The van der Waals surface area contributed by atoms with Gasteiger partial charge in [-0.25, -0.2) is 5.43 Å². The number of hydrogen-bond acceptors (Lipinski definition) is 4. The van der Waals surface area contributed by atoms with Gasteiger partial charge in [0.15, 0.2) is 0 Å². The van der Waals surface area contributed by atoms with Crippen molar-refractivity contribution in [1.29, 1.82) is 0 Å². The van der Waals surface area contributed by atoms with Crippen LogP contribution in [0.2, 0.25) is 0 Å². The van der Waals surface area contributed by atoms with E-state index in [1.807, 2.05) is 84.9 Å². The largest absolute Gasteiger partial charge is 0.489 e. The molecule has 0 atom stereocenters. The van der Waals surface area contributed by atoms with Gasteiger partial charge in [0.05, 0.1) is 6.21 Å². The van der Waals surface area contributed by atoms with Gasteiger partial charge in [0.1, 0.15) is 12.4 Å². The number of ether oxygens (including phenoxy) is 1. The van der Waals surface area contributed by atoms with E-state index in [1.54, 1.807) is 6.21 Å². The monoisotopic (exact) mass is 415 g/mol. The molecular weight excluding hydrogens is 390 g/mol. The number of carbonyl (C=O) groups is 2. The lowest BCUT2D eigenvalue weighted by molar-refractivity contribution is -0.126. The summed E-state index contributed by atoms with van der Waals surface area (Å²) < 4.78 is 5.74. The third-order valence-electron chi connectivity index (χ3n) is 4.44. The molecule has 0 heterocycles. The molecule has 3 rings (SSSR count). The summed E-state index contributed by atoms with van der Waals surface area (Å²) in [5.41, 5.74) is 5.38. The lowest BCUT2D eigenvalue weighted by Gasteiger charge is -2.06. The highest BCUT2D eigenvalue weighted by Crippen LogP contribution is 2.13. The Morgan fingerprint density at radius 2 is 1.39 bits per heavy atom. The maximum atomic E-state index is 11.9. The van der Waals surface area contributed by atoms with Gasteiger partial charge in [-0.2, -0.15) is 5.10 Å². The van der Waals surface area contributed by atoms with E-state index in [0.29, 0.717) is 13.2 Å². The predicted molar refractivity (Wildman–Crippen MR) is 120 cm³/mol. The van der Waals surface area contributed by atoms with Crippen molar-refractivity contribution >= 4 is 18.0 Å². The topological polar surface area (TPSA) is 79.8 Å². The summed E-state index contributed by atoms with van der Waals surface area (Å²) in [7, 11) is 0. The van der Waals surface area contributed by atoms with Crippen molar-refractivity contribution in [3.05, 3.63) is 102 Å². The molecule has 0 saturated heterocycles. The third kappa shape index (κ3) is 8.14. The molecule has 2 N–H and O–H groups in total. The van der Waals surface area contributed by atoms with Crippen LogP contribution in [0, 0.1) is 0 Å². The molecule has 0 fully saturated rings. The van der Waals surface area contributed by atoms with E-state index in [-0.39, 0.29) is 24.7 Å². The number of nitrogens with zero attached hydrogens (tertiary/aromatic N) is 1. The Bertz CT molecular complexity index is 988. The van der Waals surface area contributed by atoms with Gasteiger partial charge in [0.25, 0.3) is 0 Å². The smallest absolute Gasteiger partial charge is 0.240 e. The molecule has 0 saturated carbocycles. The number of hydrogen-bond donors (Lipinski definition) is 2. The van der Waals surface area contributed by atoms with Gasteiger partial charge in [0.2, 0.25) is 11.8 Å². The maximum Gasteiger partial charge on any atom is 0.240 e. The van der Waals surface area contributed by atoms with Crippen LogP contribution in [-0.4, -0.2) is 18.0 Å². The molecule has 0 spiro atoms. The molecule has 0 aliphatic carbocycles. The number of rotatable bonds is 10. The molecule has 158 valence electrons. The minimum Gasteiger partial charge on any atom is -0.489 e. The van der Waals surface area contributed by atoms with Crippen LogP contribution in [0.5, 0.6) is 5.75 Å². The van der Waals surface area contributed by atoms with Gasteiger partial charge in [-0.3, -0.25) is 9.59 Å². The summed E-state index contributed by atoms with van der Waals surface area (Å²) in [6.07, 6.45) is 1.74. The fourth-order valence-corrected chi connectivity index (χ4v) is 2.74. The molecule has 6 heteroatoms. The van der Waals surface area contributed by atoms with Gasteiger partial charge >= 0.3 is 0 Å². The molecule has 0 aromatic heterocycles. The maximum absolute atomic E-state index is 11.9. The third-order valence-corrected chi connectivity index (χ3v) is 4.44. The average Bonchev–Trinajstić information content (AvgIpc) is 2.82. The van der Waals surface area contributed by atoms with Crippen molar-refractivity contribution in [3.63, 3.8) is 0 Å². The van der Waals surface area contributed by atoms with E-state index in [2.05, 4.69) is 15.8 Å². The fraction of sp³-hybridized carbons (Fsp3) is 0.160. The van der Waals surface area contributed by atoms with Crippen LogP contribution in [-0.2, 0) is 22.7 Å². The van der Waals surface area contributed by atoms with Crippen LogP contribution in [0.4, 0.5) is 0 Å². The summed E-state index contributed by atoms with van der Waals surface area (Å²) in [5.74, 6) is 0.273. The molecule has 0 unspecified atom stereocenters. The molecule has 6 nitrogen and oxygen atoms in total. The first-order chi connectivity index (χ1) is 15.2. The lowest BCUT2D eigenvalue weighted by Crippen LogP contribution is -2.25. The van der Waals surface area contributed by atoms with Crippen molar-refractivity contribution in [3.8, 4) is 5.75 Å². The van der Waals surface area contributed by atoms with Gasteiger partial charge in [-0.1, -0.05) is 60.7 Å². The number of amides is 2. The summed E-state index contributed by atoms with van der Waals surface area (Å²) in [6, 6.07) is 27.0. The van der Waals surface area contributed by atoms with E-state index in [0.717, 1.165) is 22.4 Å². The highest BCUT2D eigenvalue weighted by atomic mass is 16.5. The molecule has 0 aliphatic rings. The van der Waals surface area contributed by atoms with Crippen molar-refractivity contribution < 1.29 is 14.3 Å². The second kappa shape index (κ2) is 11.9. The van der Waals surface area contributed by atoms with Crippen molar-refractivity contribution in [1.82, 2.24) is 10.7 Å². The zero-order valence-corrected chi connectivity index (χ0v) is 17.2. The SMILES string of the molecule is O=C(CCC(=O)N/N=C/c1ccc(OCc2ccccc2)cc1)NCc1ccccc1. The highest BCUT2D eigenvalue weighted by molar-refractivity contribution is 5.85. The second-order valence-corrected chi connectivity index (χ2v) is 6.90. The molecular formula is C25H25N3O3. The Hall–Kier alpha value is -3.93. The first-order valence-corrected chi connectivity index (χ1v) is 10.1. The summed E-state index contributed by atoms with van der Waals surface area (Å²) in [5, 5.41) is 6.73. The van der Waals surface area contributed by atoms with Crippen LogP contribution in [0.25, 0.3) is 0 Å². The van der Waals surface area contributed by atoms with E-state index >= 15 is 0 Å². The molecule has 2 amide bonds. The Morgan fingerprint density at radius 3 is 2.06 bits per heavy atom. The molecule has 3 aromatic rings. The van der Waals surface area contributed by atoms with Crippen molar-refractivity contribution in [2.75, 3.05) is 0 Å². The van der Waals surface area contributed by atoms with Crippen LogP contribution in [0.15, 0.2) is 90.0 Å². The first-order valence-electron chi connectivity index (χ1n) is 10.1. The normalized spacial score (nSPS) is 10.6. The van der Waals surface area contributed by atoms with Gasteiger partial charge in [0, 0.05) is 19.4 Å². The quantitative estimate of drug-likeness (QED) is 0.390. The van der Waals surface area contributed by atoms with Crippen LogP contribution >= 0.6 is 0 Å². The summed E-state index contributed by atoms with van der Waals surface area (Å²) in [4.78, 5) is 23.7. The molecule has 0 radical (unpaired) electrons. The zero-order valence-electron chi connectivity index (χ0n) is 17.2. The van der Waals surface area contributed by atoms with Crippen molar-refractivity contribution in [2.24, 2.45) is 5.10 Å². The summed E-state index contributed by atoms with van der Waals surface area (Å²) >= 11 is 0. The van der Waals surface area contributed by atoms with Gasteiger partial charge in [-0.05, 0) is 41.0 Å². The Kier molecular flexibility index (Phi) is 8.37. The minimum absolute atomic E-state index is 0.0736. The van der Waals surface area contributed by atoms with Crippen LogP contribution in [0.3, 0.4) is 0 Å². The fourth-order valence-electron chi connectivity index (χ4n) is 2.74. The average molecular weight is 415 g/mol. The number of hydrazone groups is 1. The number of nitrogens with one attached hydrogen (secondary N) is 2. The number of carbonyl (C=O) groups excluding carboxylic acids is 2. The van der Waals surface area contributed by atoms with Crippen LogP contribution < -0.4 is 15.5 Å². The highest BCUT2D eigenvalue weighted by Gasteiger charge is 2.06. The Labute approximate surface area is 182 Å². The van der Waals surface area contributed by atoms with E-state index < -0.39 is 0 Å². The molecule has 0 bridgehead atoms. The molecule has 3 aromatic carbocycles. The second-order valence-electron chi connectivity index (χ2n) is 6.90. The Morgan fingerprint density at radius 1 is 0.774 bits per heavy atom. The first kappa shape index (κ1) is 21.8. The van der Waals surface area contributed by atoms with Gasteiger partial charge < -0.3 is 10.1 Å². The van der Waals surface area contributed by atoms with Crippen molar-refractivity contribution in [2.45, 2.75) is 26.0 Å².